The van der Waals surface area contributed by atoms with E-state index in [0.717, 1.165) is 19.4 Å². The van der Waals surface area contributed by atoms with Gasteiger partial charge in [-0.2, -0.15) is 0 Å². The minimum atomic E-state index is 0.199. The van der Waals surface area contributed by atoms with E-state index < -0.39 is 0 Å². The van der Waals surface area contributed by atoms with Crippen LogP contribution in [0.3, 0.4) is 0 Å². The normalized spacial score (nSPS) is 12.1. The van der Waals surface area contributed by atoms with Gasteiger partial charge < -0.3 is 15.2 Å². The summed E-state index contributed by atoms with van der Waals surface area (Å²) in [5, 5.41) is 12.0. The maximum atomic E-state index is 9.59. The molecule has 0 saturated heterocycles. The first-order valence-corrected chi connectivity index (χ1v) is 7.42. The lowest BCUT2D eigenvalue weighted by Gasteiger charge is -2.11. The molecule has 0 aliphatic rings. The molecule has 2 aromatic carbocycles. The minimum absolute atomic E-state index is 0.199. The lowest BCUT2D eigenvalue weighted by Crippen LogP contribution is -2.87. The molecule has 0 aliphatic heterocycles. The van der Waals surface area contributed by atoms with Crippen LogP contribution in [0.5, 0.6) is 11.5 Å². The highest BCUT2D eigenvalue weighted by molar-refractivity contribution is 5.41. The molecule has 21 heavy (non-hydrogen) atoms. The molecule has 0 unspecified atom stereocenters. The van der Waals surface area contributed by atoms with Crippen LogP contribution in [-0.2, 0) is 13.0 Å². The summed E-state index contributed by atoms with van der Waals surface area (Å²) in [4.78, 5) is 0. The molecule has 0 fully saturated rings. The number of hydrogen-bond donors (Lipinski definition) is 2. The topological polar surface area (TPSA) is 46.1 Å². The van der Waals surface area contributed by atoms with Crippen LogP contribution in [-0.4, -0.2) is 18.3 Å². The Morgan fingerprint density at radius 1 is 1.10 bits per heavy atom. The Balaban J connectivity index is 1.79. The van der Waals surface area contributed by atoms with Crippen molar-refractivity contribution >= 4 is 0 Å². The van der Waals surface area contributed by atoms with Crippen LogP contribution in [0.2, 0.25) is 0 Å². The fourth-order valence-corrected chi connectivity index (χ4v) is 2.34. The number of phenolic OH excluding ortho intramolecular Hbond substituents is 1. The van der Waals surface area contributed by atoms with Gasteiger partial charge in [-0.25, -0.2) is 0 Å². The minimum Gasteiger partial charge on any atom is -0.504 e. The second kappa shape index (κ2) is 7.70. The van der Waals surface area contributed by atoms with Crippen molar-refractivity contribution in [2.24, 2.45) is 0 Å². The zero-order valence-corrected chi connectivity index (χ0v) is 12.8. The molecule has 0 saturated carbocycles. The number of aromatic hydroxyl groups is 1. The Bertz CT molecular complexity index is 554. The third-order valence-electron chi connectivity index (χ3n) is 3.73. The van der Waals surface area contributed by atoms with Crippen molar-refractivity contribution in [2.75, 3.05) is 7.11 Å². The second-order valence-corrected chi connectivity index (χ2v) is 5.45. The van der Waals surface area contributed by atoms with Gasteiger partial charge in [0.25, 0.3) is 0 Å². The summed E-state index contributed by atoms with van der Waals surface area (Å²) in [5.41, 5.74) is 2.56. The van der Waals surface area contributed by atoms with E-state index in [1.807, 2.05) is 18.2 Å². The Hall–Kier alpha value is -2.00. The second-order valence-electron chi connectivity index (χ2n) is 5.45. The lowest BCUT2D eigenvalue weighted by atomic mass is 10.1. The van der Waals surface area contributed by atoms with Gasteiger partial charge in [-0.1, -0.05) is 36.4 Å². The molecule has 112 valence electrons. The number of phenols is 1. The van der Waals surface area contributed by atoms with E-state index in [9.17, 15) is 5.11 Å². The van der Waals surface area contributed by atoms with Gasteiger partial charge in [0, 0.05) is 12.0 Å². The van der Waals surface area contributed by atoms with E-state index in [2.05, 4.69) is 36.5 Å². The molecule has 0 spiro atoms. The average Bonchev–Trinajstić information content (AvgIpc) is 2.53. The van der Waals surface area contributed by atoms with E-state index in [1.165, 1.54) is 11.1 Å². The van der Waals surface area contributed by atoms with Gasteiger partial charge in [-0.3, -0.25) is 0 Å². The van der Waals surface area contributed by atoms with Crippen LogP contribution in [0.15, 0.2) is 48.5 Å². The summed E-state index contributed by atoms with van der Waals surface area (Å²) in [7, 11) is 1.58. The molecule has 0 heterocycles. The molecule has 2 aromatic rings. The lowest BCUT2D eigenvalue weighted by molar-refractivity contribution is -0.701. The quantitative estimate of drug-likeness (QED) is 0.821. The number of rotatable bonds is 7. The number of ether oxygens (including phenoxy) is 1. The van der Waals surface area contributed by atoms with Gasteiger partial charge in [-0.15, -0.1) is 0 Å². The summed E-state index contributed by atoms with van der Waals surface area (Å²) < 4.78 is 5.14. The van der Waals surface area contributed by atoms with Crippen molar-refractivity contribution in [3.63, 3.8) is 0 Å². The first-order chi connectivity index (χ1) is 10.2. The largest absolute Gasteiger partial charge is 0.504 e. The highest BCUT2D eigenvalue weighted by Crippen LogP contribution is 2.26. The van der Waals surface area contributed by atoms with Gasteiger partial charge in [-0.05, 0) is 31.0 Å². The Morgan fingerprint density at radius 2 is 1.86 bits per heavy atom. The molecular weight excluding hydrogens is 262 g/mol. The Labute approximate surface area is 126 Å². The number of hydrogen-bond acceptors (Lipinski definition) is 2. The highest BCUT2D eigenvalue weighted by atomic mass is 16.5. The van der Waals surface area contributed by atoms with Crippen LogP contribution < -0.4 is 10.1 Å². The van der Waals surface area contributed by atoms with Crippen LogP contribution in [0.4, 0.5) is 0 Å². The zero-order chi connectivity index (χ0) is 15.1. The Morgan fingerprint density at radius 3 is 2.57 bits per heavy atom. The number of benzene rings is 2. The van der Waals surface area contributed by atoms with Crippen molar-refractivity contribution in [1.82, 2.24) is 0 Å². The molecule has 1 atom stereocenters. The smallest absolute Gasteiger partial charge is 0.160 e. The first kappa shape index (κ1) is 15.4. The fraction of sp³-hybridized carbons (Fsp3) is 0.333. The summed E-state index contributed by atoms with van der Waals surface area (Å²) in [5.74, 6) is 0.748. The standard InChI is InChI=1S/C18H23NO2/c1-14(19-13-16-6-4-3-5-7-16)8-9-15-10-11-17(20)18(12-15)21-2/h3-7,10-12,14,19-20H,8-9,13H2,1-2H3/p+1/t14-/m1/s1. The first-order valence-electron chi connectivity index (χ1n) is 7.42. The van der Waals surface area contributed by atoms with Gasteiger partial charge >= 0.3 is 0 Å². The predicted molar refractivity (Wildman–Crippen MR) is 84.5 cm³/mol. The Kier molecular flexibility index (Phi) is 5.64. The molecule has 2 rings (SSSR count). The molecule has 0 bridgehead atoms. The molecular formula is C18H24NO2+. The number of aryl methyl sites for hydroxylation is 1. The van der Waals surface area contributed by atoms with Gasteiger partial charge in [0.15, 0.2) is 11.5 Å². The molecule has 3 N–H and O–H groups in total. The maximum absolute atomic E-state index is 9.59. The molecule has 0 aromatic heterocycles. The molecule has 3 heteroatoms. The third-order valence-corrected chi connectivity index (χ3v) is 3.73. The summed E-state index contributed by atoms with van der Waals surface area (Å²) in [6.45, 7) is 3.27. The van der Waals surface area contributed by atoms with Gasteiger partial charge in [0.1, 0.15) is 6.54 Å². The van der Waals surface area contributed by atoms with Crippen molar-refractivity contribution in [1.29, 1.82) is 0 Å². The van der Waals surface area contributed by atoms with Crippen molar-refractivity contribution < 1.29 is 15.2 Å². The summed E-state index contributed by atoms with van der Waals surface area (Å²) in [6.07, 6.45) is 2.09. The van der Waals surface area contributed by atoms with Crippen LogP contribution in [0, 0.1) is 0 Å². The van der Waals surface area contributed by atoms with E-state index in [-0.39, 0.29) is 5.75 Å². The average molecular weight is 286 g/mol. The van der Waals surface area contributed by atoms with Crippen LogP contribution >= 0.6 is 0 Å². The van der Waals surface area contributed by atoms with E-state index in [1.54, 1.807) is 13.2 Å². The van der Waals surface area contributed by atoms with E-state index in [4.69, 9.17) is 4.74 Å². The predicted octanol–water partition coefficient (Wildman–Crippen LogP) is 2.49. The van der Waals surface area contributed by atoms with Gasteiger partial charge in [0.05, 0.1) is 13.2 Å². The SMILES string of the molecule is COc1cc(CC[C@@H](C)[NH2+]Cc2ccccc2)ccc1O. The van der Waals surface area contributed by atoms with Crippen molar-refractivity contribution in [3.05, 3.63) is 59.7 Å². The monoisotopic (exact) mass is 286 g/mol. The highest BCUT2D eigenvalue weighted by Gasteiger charge is 2.08. The molecule has 3 nitrogen and oxygen atoms in total. The van der Waals surface area contributed by atoms with E-state index in [0.29, 0.717) is 11.8 Å². The van der Waals surface area contributed by atoms with Crippen LogP contribution in [0.25, 0.3) is 0 Å². The number of methoxy groups -OCH3 is 1. The summed E-state index contributed by atoms with van der Waals surface area (Å²) >= 11 is 0. The molecule has 0 aliphatic carbocycles. The number of nitrogens with two attached hydrogens (primary N) is 1. The maximum Gasteiger partial charge on any atom is 0.160 e. The van der Waals surface area contributed by atoms with Gasteiger partial charge in [0.2, 0.25) is 0 Å². The van der Waals surface area contributed by atoms with E-state index >= 15 is 0 Å². The third kappa shape index (κ3) is 4.80. The zero-order valence-electron chi connectivity index (χ0n) is 12.8. The summed E-state index contributed by atoms with van der Waals surface area (Å²) in [6, 6.07) is 16.7. The van der Waals surface area contributed by atoms with Crippen molar-refractivity contribution in [2.45, 2.75) is 32.4 Å². The van der Waals surface area contributed by atoms with Crippen LogP contribution in [0.1, 0.15) is 24.5 Å². The fourth-order valence-electron chi connectivity index (χ4n) is 2.34. The van der Waals surface area contributed by atoms with Crippen molar-refractivity contribution in [3.8, 4) is 11.5 Å². The number of quaternary nitrogens is 1. The molecule has 0 amide bonds. The molecule has 0 radical (unpaired) electrons.